The molecule has 0 aliphatic carbocycles. The van der Waals surface area contributed by atoms with Crippen molar-refractivity contribution in [1.82, 2.24) is 4.98 Å². The summed E-state index contributed by atoms with van der Waals surface area (Å²) in [5.74, 6) is 0.475. The molecule has 1 aliphatic heterocycles. The van der Waals surface area contributed by atoms with Gasteiger partial charge < -0.3 is 19.7 Å². The highest BCUT2D eigenvalue weighted by molar-refractivity contribution is 5.48. The molecule has 0 saturated carbocycles. The first-order chi connectivity index (χ1) is 8.46. The van der Waals surface area contributed by atoms with Crippen LogP contribution in [-0.2, 0) is 9.47 Å². The van der Waals surface area contributed by atoms with Crippen molar-refractivity contribution in [3.63, 3.8) is 0 Å². The van der Waals surface area contributed by atoms with E-state index in [0.717, 1.165) is 11.5 Å². The molecule has 18 heavy (non-hydrogen) atoms. The van der Waals surface area contributed by atoms with Crippen molar-refractivity contribution in [3.05, 3.63) is 18.3 Å². The number of nitrogens with one attached hydrogen (secondary N) is 1. The topological polar surface area (TPSA) is 46.6 Å². The van der Waals surface area contributed by atoms with Gasteiger partial charge in [0.25, 0.3) is 0 Å². The molecule has 0 aromatic carbocycles. The highest BCUT2D eigenvalue weighted by Gasteiger charge is 2.28. The zero-order valence-electron chi connectivity index (χ0n) is 11.4. The SMILES string of the molecule is CN(C)c1ccc(NC2COC(C)(C)OC2)cn1. The normalized spacial score (nSPS) is 19.6. The molecule has 1 aliphatic rings. The van der Waals surface area contributed by atoms with Gasteiger partial charge in [0.15, 0.2) is 5.79 Å². The first-order valence-electron chi connectivity index (χ1n) is 6.14. The second-order valence-corrected chi connectivity index (χ2v) is 5.16. The zero-order valence-corrected chi connectivity index (χ0v) is 11.4. The van der Waals surface area contributed by atoms with E-state index in [1.165, 1.54) is 0 Å². The van der Waals surface area contributed by atoms with Crippen molar-refractivity contribution in [2.45, 2.75) is 25.7 Å². The van der Waals surface area contributed by atoms with Gasteiger partial charge in [0, 0.05) is 14.1 Å². The van der Waals surface area contributed by atoms with Gasteiger partial charge in [0.2, 0.25) is 0 Å². The van der Waals surface area contributed by atoms with Gasteiger partial charge in [-0.3, -0.25) is 0 Å². The summed E-state index contributed by atoms with van der Waals surface area (Å²) >= 11 is 0. The minimum absolute atomic E-state index is 0.171. The number of pyridine rings is 1. The molecule has 100 valence electrons. The predicted molar refractivity (Wildman–Crippen MR) is 72.0 cm³/mol. The molecular formula is C13H21N3O2. The Hall–Kier alpha value is -1.33. The van der Waals surface area contributed by atoms with E-state index in [9.17, 15) is 0 Å². The summed E-state index contributed by atoms with van der Waals surface area (Å²) in [5, 5.41) is 3.35. The third kappa shape index (κ3) is 3.34. The second-order valence-electron chi connectivity index (χ2n) is 5.16. The molecule has 0 atom stereocenters. The van der Waals surface area contributed by atoms with Crippen molar-refractivity contribution < 1.29 is 9.47 Å². The Balaban J connectivity index is 1.90. The fraction of sp³-hybridized carbons (Fsp3) is 0.615. The molecule has 1 aromatic heterocycles. The van der Waals surface area contributed by atoms with E-state index in [1.54, 1.807) is 0 Å². The van der Waals surface area contributed by atoms with E-state index in [0.29, 0.717) is 13.2 Å². The predicted octanol–water partition coefficient (Wildman–Crippen LogP) is 1.71. The van der Waals surface area contributed by atoms with E-state index in [-0.39, 0.29) is 6.04 Å². The summed E-state index contributed by atoms with van der Waals surface area (Å²) in [7, 11) is 3.95. The number of aromatic nitrogens is 1. The summed E-state index contributed by atoms with van der Waals surface area (Å²) in [6, 6.07) is 4.17. The van der Waals surface area contributed by atoms with Crippen molar-refractivity contribution in [2.24, 2.45) is 0 Å². The molecule has 0 bridgehead atoms. The van der Waals surface area contributed by atoms with Crippen LogP contribution in [0.4, 0.5) is 11.5 Å². The van der Waals surface area contributed by atoms with Crippen LogP contribution in [0.15, 0.2) is 18.3 Å². The average molecular weight is 251 g/mol. The first kappa shape index (κ1) is 13.1. The molecule has 2 rings (SSSR count). The molecule has 0 radical (unpaired) electrons. The lowest BCUT2D eigenvalue weighted by Crippen LogP contribution is -2.45. The van der Waals surface area contributed by atoms with Crippen LogP contribution in [0.5, 0.6) is 0 Å². The third-order valence-electron chi connectivity index (χ3n) is 2.84. The highest BCUT2D eigenvalue weighted by Crippen LogP contribution is 2.20. The summed E-state index contributed by atoms with van der Waals surface area (Å²) in [6.07, 6.45) is 1.83. The van der Waals surface area contributed by atoms with Crippen LogP contribution in [-0.4, -0.2) is 44.1 Å². The van der Waals surface area contributed by atoms with Crippen LogP contribution in [0.25, 0.3) is 0 Å². The quantitative estimate of drug-likeness (QED) is 0.886. The van der Waals surface area contributed by atoms with Crippen molar-refractivity contribution in [1.29, 1.82) is 0 Å². The van der Waals surface area contributed by atoms with E-state index in [4.69, 9.17) is 9.47 Å². The van der Waals surface area contributed by atoms with Gasteiger partial charge in [-0.05, 0) is 26.0 Å². The molecule has 1 saturated heterocycles. The molecule has 0 spiro atoms. The number of anilines is 2. The number of nitrogens with zero attached hydrogens (tertiary/aromatic N) is 2. The maximum absolute atomic E-state index is 5.60. The Labute approximate surface area is 108 Å². The summed E-state index contributed by atoms with van der Waals surface area (Å²) in [6.45, 7) is 5.14. The first-order valence-corrected chi connectivity index (χ1v) is 6.14. The summed E-state index contributed by atoms with van der Waals surface area (Å²) < 4.78 is 11.2. The Kier molecular flexibility index (Phi) is 3.73. The van der Waals surface area contributed by atoms with E-state index in [1.807, 2.05) is 51.2 Å². The highest BCUT2D eigenvalue weighted by atomic mass is 16.7. The Morgan fingerprint density at radius 1 is 1.28 bits per heavy atom. The number of ether oxygens (including phenoxy) is 2. The Morgan fingerprint density at radius 3 is 2.44 bits per heavy atom. The lowest BCUT2D eigenvalue weighted by Gasteiger charge is -2.35. The minimum atomic E-state index is -0.467. The maximum Gasteiger partial charge on any atom is 0.162 e. The number of hydrogen-bond donors (Lipinski definition) is 1. The molecule has 1 N–H and O–H groups in total. The molecule has 0 unspecified atom stereocenters. The molecule has 1 fully saturated rings. The number of rotatable bonds is 3. The smallest absolute Gasteiger partial charge is 0.162 e. The maximum atomic E-state index is 5.60. The third-order valence-corrected chi connectivity index (χ3v) is 2.84. The van der Waals surface area contributed by atoms with Gasteiger partial charge in [0.1, 0.15) is 5.82 Å². The molecule has 1 aromatic rings. The standard InChI is InChI=1S/C13H21N3O2/c1-13(2)17-8-11(9-18-13)15-10-5-6-12(14-7-10)16(3)4/h5-7,11,15H,8-9H2,1-4H3. The van der Waals surface area contributed by atoms with Crippen molar-refractivity contribution in [2.75, 3.05) is 37.5 Å². The molecule has 5 heteroatoms. The monoisotopic (exact) mass is 251 g/mol. The lowest BCUT2D eigenvalue weighted by atomic mass is 10.2. The van der Waals surface area contributed by atoms with E-state index in [2.05, 4.69) is 10.3 Å². The van der Waals surface area contributed by atoms with Crippen LogP contribution in [0.3, 0.4) is 0 Å². The van der Waals surface area contributed by atoms with Crippen molar-refractivity contribution in [3.8, 4) is 0 Å². The summed E-state index contributed by atoms with van der Waals surface area (Å²) in [5.41, 5.74) is 0.984. The molecule has 5 nitrogen and oxygen atoms in total. The lowest BCUT2D eigenvalue weighted by molar-refractivity contribution is -0.247. The Morgan fingerprint density at radius 2 is 1.94 bits per heavy atom. The van der Waals surface area contributed by atoms with Crippen molar-refractivity contribution >= 4 is 11.5 Å². The van der Waals surface area contributed by atoms with E-state index < -0.39 is 5.79 Å². The molecule has 0 amide bonds. The zero-order chi connectivity index (χ0) is 13.2. The fourth-order valence-electron chi connectivity index (χ4n) is 1.75. The van der Waals surface area contributed by atoms with Gasteiger partial charge >= 0.3 is 0 Å². The average Bonchev–Trinajstić information content (AvgIpc) is 2.33. The molecule has 2 heterocycles. The van der Waals surface area contributed by atoms with Gasteiger partial charge in [-0.15, -0.1) is 0 Å². The van der Waals surface area contributed by atoms with E-state index >= 15 is 0 Å². The second kappa shape index (κ2) is 5.12. The largest absolute Gasteiger partial charge is 0.376 e. The molecular weight excluding hydrogens is 230 g/mol. The van der Waals surface area contributed by atoms with Gasteiger partial charge in [-0.1, -0.05) is 0 Å². The fourth-order valence-corrected chi connectivity index (χ4v) is 1.75. The van der Waals surface area contributed by atoms with Crippen LogP contribution in [0.1, 0.15) is 13.8 Å². The van der Waals surface area contributed by atoms with Crippen LogP contribution in [0.2, 0.25) is 0 Å². The van der Waals surface area contributed by atoms with Gasteiger partial charge in [0.05, 0.1) is 31.1 Å². The van der Waals surface area contributed by atoms with Crippen LogP contribution in [0, 0.1) is 0 Å². The minimum Gasteiger partial charge on any atom is -0.376 e. The Bertz CT molecular complexity index is 380. The van der Waals surface area contributed by atoms with Gasteiger partial charge in [-0.2, -0.15) is 0 Å². The van der Waals surface area contributed by atoms with Crippen LogP contribution >= 0.6 is 0 Å². The summed E-state index contributed by atoms with van der Waals surface area (Å²) in [4.78, 5) is 6.33. The number of hydrogen-bond acceptors (Lipinski definition) is 5. The van der Waals surface area contributed by atoms with Gasteiger partial charge in [-0.25, -0.2) is 4.98 Å². The van der Waals surface area contributed by atoms with Crippen LogP contribution < -0.4 is 10.2 Å².